The number of rotatable bonds is 4. The van der Waals surface area contributed by atoms with Gasteiger partial charge in [0, 0.05) is 24.5 Å². The average molecular weight is 365 g/mol. The highest BCUT2D eigenvalue weighted by Gasteiger charge is 2.37. The van der Waals surface area contributed by atoms with E-state index in [4.69, 9.17) is 17.3 Å². The summed E-state index contributed by atoms with van der Waals surface area (Å²) in [7, 11) is -3.71. The number of aromatic nitrogens is 2. The van der Waals surface area contributed by atoms with Crippen LogP contribution in [0.1, 0.15) is 25.7 Å². The first-order valence-electron chi connectivity index (χ1n) is 6.83. The molecule has 4 N–H and O–H groups in total. The molecule has 2 aromatic heterocycles. The lowest BCUT2D eigenvalue weighted by Gasteiger charge is -2.28. The van der Waals surface area contributed by atoms with Crippen LogP contribution in [-0.4, -0.2) is 30.5 Å². The molecule has 2 aromatic rings. The van der Waals surface area contributed by atoms with Crippen LogP contribution in [0.4, 0.5) is 0 Å². The molecule has 1 fully saturated rings. The summed E-state index contributed by atoms with van der Waals surface area (Å²) >= 11 is 6.12. The van der Waals surface area contributed by atoms with E-state index in [1.807, 2.05) is 0 Å². The Kier molecular flexibility index (Phi) is 5.03. The third-order valence-corrected chi connectivity index (χ3v) is 6.00. The minimum atomic E-state index is -3.71. The molecule has 0 atom stereocenters. The van der Waals surface area contributed by atoms with Crippen molar-refractivity contribution in [3.63, 3.8) is 0 Å². The molecule has 22 heavy (non-hydrogen) atoms. The summed E-state index contributed by atoms with van der Waals surface area (Å²) < 4.78 is 28.2. The molecule has 0 spiro atoms. The standard InChI is InChI=1S/C13H17ClN4O2S.ClH/c14-9-3-6-16-12-11(9)10(7-17-12)21(19,20)18-13(8-15)4-1-2-5-13;/h3,6-7,18H,1-2,4-5,8,15H2,(H,16,17);1H. The van der Waals surface area contributed by atoms with Gasteiger partial charge in [-0.25, -0.2) is 18.1 Å². The van der Waals surface area contributed by atoms with Gasteiger partial charge in [0.2, 0.25) is 10.0 Å². The predicted molar refractivity (Wildman–Crippen MR) is 88.9 cm³/mol. The Bertz CT molecular complexity index is 769. The number of halogens is 2. The van der Waals surface area contributed by atoms with Crippen LogP contribution in [0.5, 0.6) is 0 Å². The fraction of sp³-hybridized carbons (Fsp3) is 0.462. The minimum absolute atomic E-state index is 0. The summed E-state index contributed by atoms with van der Waals surface area (Å²) in [6, 6.07) is 1.57. The van der Waals surface area contributed by atoms with Crippen LogP contribution in [0.3, 0.4) is 0 Å². The molecule has 9 heteroatoms. The molecule has 0 amide bonds. The number of fused-ring (bicyclic) bond motifs is 1. The van der Waals surface area contributed by atoms with Crippen LogP contribution in [0, 0.1) is 0 Å². The largest absolute Gasteiger partial charge is 0.345 e. The van der Waals surface area contributed by atoms with Gasteiger partial charge in [-0.1, -0.05) is 24.4 Å². The maximum Gasteiger partial charge on any atom is 0.243 e. The zero-order valence-corrected chi connectivity index (χ0v) is 14.2. The van der Waals surface area contributed by atoms with E-state index in [1.165, 1.54) is 12.4 Å². The van der Waals surface area contributed by atoms with Gasteiger partial charge in [0.05, 0.1) is 10.4 Å². The van der Waals surface area contributed by atoms with Gasteiger partial charge in [0.1, 0.15) is 10.5 Å². The zero-order chi connectivity index (χ0) is 15.1. The Balaban J connectivity index is 0.00000176. The van der Waals surface area contributed by atoms with Gasteiger partial charge in [-0.2, -0.15) is 0 Å². The van der Waals surface area contributed by atoms with Gasteiger partial charge < -0.3 is 10.7 Å². The molecule has 1 aliphatic rings. The number of H-pyrrole nitrogens is 1. The summed E-state index contributed by atoms with van der Waals surface area (Å²) in [6.07, 6.45) is 6.44. The third kappa shape index (κ3) is 2.96. The van der Waals surface area contributed by atoms with E-state index >= 15 is 0 Å². The highest BCUT2D eigenvalue weighted by molar-refractivity contribution is 7.89. The Morgan fingerprint density at radius 3 is 2.73 bits per heavy atom. The number of nitrogens with one attached hydrogen (secondary N) is 2. The molecule has 1 saturated carbocycles. The lowest BCUT2D eigenvalue weighted by molar-refractivity contribution is 0.399. The first-order valence-corrected chi connectivity index (χ1v) is 8.69. The summed E-state index contributed by atoms with van der Waals surface area (Å²) in [5, 5.41) is 0.770. The average Bonchev–Trinajstić information content (AvgIpc) is 3.06. The van der Waals surface area contributed by atoms with Crippen LogP contribution in [0.15, 0.2) is 23.4 Å². The van der Waals surface area contributed by atoms with Gasteiger partial charge in [-0.05, 0) is 18.9 Å². The van der Waals surface area contributed by atoms with Crippen molar-refractivity contribution in [1.29, 1.82) is 0 Å². The second-order valence-corrected chi connectivity index (χ2v) is 7.52. The van der Waals surface area contributed by atoms with E-state index < -0.39 is 15.6 Å². The summed E-state index contributed by atoms with van der Waals surface area (Å²) in [4.78, 5) is 7.05. The Labute approximate surface area is 140 Å². The smallest absolute Gasteiger partial charge is 0.243 e. The molecule has 0 aromatic carbocycles. The number of hydrogen-bond acceptors (Lipinski definition) is 4. The number of sulfonamides is 1. The third-order valence-electron chi connectivity index (χ3n) is 4.08. The van der Waals surface area contributed by atoms with E-state index in [0.717, 1.165) is 25.7 Å². The van der Waals surface area contributed by atoms with Crippen molar-refractivity contribution in [1.82, 2.24) is 14.7 Å². The lowest BCUT2D eigenvalue weighted by Crippen LogP contribution is -2.51. The van der Waals surface area contributed by atoms with Crippen molar-refractivity contribution < 1.29 is 8.42 Å². The van der Waals surface area contributed by atoms with Gasteiger partial charge in [-0.3, -0.25) is 0 Å². The van der Waals surface area contributed by atoms with Gasteiger partial charge in [0.15, 0.2) is 0 Å². The normalized spacial score (nSPS) is 17.5. The molecule has 0 aliphatic heterocycles. The molecule has 6 nitrogen and oxygen atoms in total. The second kappa shape index (κ2) is 6.33. The van der Waals surface area contributed by atoms with Crippen molar-refractivity contribution in [2.75, 3.05) is 6.54 Å². The van der Waals surface area contributed by atoms with E-state index in [0.29, 0.717) is 22.6 Å². The molecule has 0 bridgehead atoms. The van der Waals surface area contributed by atoms with Gasteiger partial charge in [0.25, 0.3) is 0 Å². The summed E-state index contributed by atoms with van der Waals surface area (Å²) in [6.45, 7) is 0.292. The van der Waals surface area contributed by atoms with Crippen molar-refractivity contribution in [2.24, 2.45) is 5.73 Å². The fourth-order valence-electron chi connectivity index (χ4n) is 2.94. The Morgan fingerprint density at radius 2 is 2.09 bits per heavy atom. The number of pyridine rings is 1. The first kappa shape index (κ1) is 17.5. The summed E-state index contributed by atoms with van der Waals surface area (Å²) in [5.41, 5.74) is 5.71. The lowest BCUT2D eigenvalue weighted by atomic mass is 10.0. The molecular formula is C13H18Cl2N4O2S. The monoisotopic (exact) mass is 364 g/mol. The zero-order valence-electron chi connectivity index (χ0n) is 11.8. The Hall–Kier alpha value is -0.860. The quantitative estimate of drug-likeness (QED) is 0.773. The maximum atomic E-state index is 12.7. The molecule has 1 aliphatic carbocycles. The van der Waals surface area contributed by atoms with E-state index in [9.17, 15) is 8.42 Å². The first-order chi connectivity index (χ1) is 9.97. The topological polar surface area (TPSA) is 101 Å². The molecule has 0 saturated heterocycles. The van der Waals surface area contributed by atoms with Crippen LogP contribution in [0.25, 0.3) is 11.0 Å². The second-order valence-electron chi connectivity index (χ2n) is 5.47. The minimum Gasteiger partial charge on any atom is -0.345 e. The van der Waals surface area contributed by atoms with Crippen LogP contribution in [0.2, 0.25) is 5.02 Å². The molecule has 0 unspecified atom stereocenters. The molecular weight excluding hydrogens is 347 g/mol. The van der Waals surface area contributed by atoms with Crippen molar-refractivity contribution in [3.05, 3.63) is 23.5 Å². The van der Waals surface area contributed by atoms with Crippen molar-refractivity contribution in [2.45, 2.75) is 36.1 Å². The highest BCUT2D eigenvalue weighted by atomic mass is 35.5. The van der Waals surface area contributed by atoms with Crippen LogP contribution >= 0.6 is 24.0 Å². The summed E-state index contributed by atoms with van der Waals surface area (Å²) in [5.74, 6) is 0. The molecule has 122 valence electrons. The number of nitrogens with zero attached hydrogens (tertiary/aromatic N) is 1. The SMILES string of the molecule is Cl.NCC1(NS(=O)(=O)c2c[nH]c3nccc(Cl)c23)CCCC1. The van der Waals surface area contributed by atoms with E-state index in [-0.39, 0.29) is 17.3 Å². The molecule has 2 heterocycles. The van der Waals surface area contributed by atoms with Crippen LogP contribution < -0.4 is 10.5 Å². The fourth-order valence-corrected chi connectivity index (χ4v) is 4.90. The predicted octanol–water partition coefficient (Wildman–Crippen LogP) is 2.19. The van der Waals surface area contributed by atoms with Gasteiger partial charge in [-0.15, -0.1) is 12.4 Å². The molecule has 3 rings (SSSR count). The van der Waals surface area contributed by atoms with E-state index in [1.54, 1.807) is 6.07 Å². The van der Waals surface area contributed by atoms with Crippen molar-refractivity contribution >= 4 is 45.1 Å². The molecule has 0 radical (unpaired) electrons. The van der Waals surface area contributed by atoms with Gasteiger partial charge >= 0.3 is 0 Å². The van der Waals surface area contributed by atoms with Crippen LogP contribution in [-0.2, 0) is 10.0 Å². The maximum absolute atomic E-state index is 12.7. The number of nitrogens with two attached hydrogens (primary N) is 1. The van der Waals surface area contributed by atoms with E-state index in [2.05, 4.69) is 14.7 Å². The Morgan fingerprint density at radius 1 is 1.41 bits per heavy atom. The number of aromatic amines is 1. The number of hydrogen-bond donors (Lipinski definition) is 3. The highest BCUT2D eigenvalue weighted by Crippen LogP contribution is 2.33. The van der Waals surface area contributed by atoms with Crippen molar-refractivity contribution in [3.8, 4) is 0 Å².